The first-order valence-corrected chi connectivity index (χ1v) is 7.58. The van der Waals surface area contributed by atoms with Crippen molar-refractivity contribution < 1.29 is 4.79 Å². The lowest BCUT2D eigenvalue weighted by molar-refractivity contribution is 0.0898. The predicted molar refractivity (Wildman–Crippen MR) is 93.1 cm³/mol. The molecule has 23 heavy (non-hydrogen) atoms. The lowest BCUT2D eigenvalue weighted by Crippen LogP contribution is -2.14. The number of nitrogens with zero attached hydrogens (tertiary/aromatic N) is 2. The van der Waals surface area contributed by atoms with Crippen molar-refractivity contribution in [1.29, 1.82) is 0 Å². The van der Waals surface area contributed by atoms with Crippen LogP contribution >= 0.6 is 0 Å². The Bertz CT molecular complexity index is 814. The molecule has 0 saturated heterocycles. The Morgan fingerprint density at radius 1 is 1.00 bits per heavy atom. The molecule has 0 unspecified atom stereocenters. The van der Waals surface area contributed by atoms with E-state index in [1.54, 1.807) is 6.20 Å². The maximum atomic E-state index is 12.3. The highest BCUT2D eigenvalue weighted by Crippen LogP contribution is 2.08. The molecule has 0 fully saturated rings. The van der Waals surface area contributed by atoms with Gasteiger partial charge >= 0.3 is 0 Å². The molecule has 3 aromatic rings. The summed E-state index contributed by atoms with van der Waals surface area (Å²) in [5.41, 5.74) is 4.06. The van der Waals surface area contributed by atoms with Crippen LogP contribution in [-0.4, -0.2) is 15.7 Å². The van der Waals surface area contributed by atoms with Gasteiger partial charge < -0.3 is 0 Å². The number of rotatable bonds is 4. The summed E-state index contributed by atoms with van der Waals surface area (Å²) in [5, 5.41) is 4.32. The fourth-order valence-electron chi connectivity index (χ4n) is 2.27. The van der Waals surface area contributed by atoms with Gasteiger partial charge in [-0.2, -0.15) is 5.10 Å². The Hall–Kier alpha value is -2.94. The summed E-state index contributed by atoms with van der Waals surface area (Å²) in [6, 6.07) is 19.8. The highest BCUT2D eigenvalue weighted by molar-refractivity contribution is 5.81. The smallest absolute Gasteiger partial charge is 0.251 e. The van der Waals surface area contributed by atoms with Crippen LogP contribution in [0, 0.1) is 6.92 Å². The van der Waals surface area contributed by atoms with Gasteiger partial charge in [0.25, 0.3) is 5.91 Å². The van der Waals surface area contributed by atoms with Crippen molar-refractivity contribution in [3.63, 3.8) is 0 Å². The summed E-state index contributed by atoms with van der Waals surface area (Å²) in [4.78, 5) is 12.3. The van der Waals surface area contributed by atoms with Crippen molar-refractivity contribution in [3.8, 4) is 0 Å². The van der Waals surface area contributed by atoms with E-state index < -0.39 is 0 Å². The first-order valence-electron chi connectivity index (χ1n) is 7.58. The fraction of sp³-hybridized carbons (Fsp3) is 0.100. The number of carbonyl (C=O) groups excluding carboxylic acids is 1. The second-order valence-corrected chi connectivity index (χ2v) is 5.49. The van der Waals surface area contributed by atoms with Gasteiger partial charge in [-0.05, 0) is 30.2 Å². The topological polar surface area (TPSA) is 34.9 Å². The van der Waals surface area contributed by atoms with Gasteiger partial charge in [-0.15, -0.1) is 0 Å². The van der Waals surface area contributed by atoms with Gasteiger partial charge in [-0.3, -0.25) is 4.79 Å². The standard InChI is InChI=1S/C20H18N2O/c1-16-7-9-18(10-8-16)15-20(23)22-14-13-19(21-22)12-11-17-5-3-2-4-6-17/h2-14H,15H2,1H3/b12-11+. The molecule has 1 aromatic heterocycles. The first-order chi connectivity index (χ1) is 11.2. The molecule has 0 aliphatic carbocycles. The van der Waals surface area contributed by atoms with E-state index in [-0.39, 0.29) is 5.91 Å². The minimum Gasteiger partial charge on any atom is -0.272 e. The van der Waals surface area contributed by atoms with Crippen molar-refractivity contribution in [1.82, 2.24) is 9.78 Å². The van der Waals surface area contributed by atoms with Gasteiger partial charge in [0.2, 0.25) is 0 Å². The zero-order valence-corrected chi connectivity index (χ0v) is 13.0. The van der Waals surface area contributed by atoms with E-state index in [0.717, 1.165) is 16.8 Å². The van der Waals surface area contributed by atoms with Gasteiger partial charge in [0.15, 0.2) is 0 Å². The van der Waals surface area contributed by atoms with Crippen molar-refractivity contribution in [2.45, 2.75) is 13.3 Å². The van der Waals surface area contributed by atoms with Crippen molar-refractivity contribution >= 4 is 18.1 Å². The molecule has 0 bridgehead atoms. The molecule has 3 nitrogen and oxygen atoms in total. The normalized spacial score (nSPS) is 11.0. The van der Waals surface area contributed by atoms with Gasteiger partial charge in [-0.1, -0.05) is 66.2 Å². The zero-order valence-electron chi connectivity index (χ0n) is 13.0. The molecule has 0 spiro atoms. The molecule has 0 saturated carbocycles. The maximum Gasteiger partial charge on any atom is 0.251 e. The molecular weight excluding hydrogens is 284 g/mol. The summed E-state index contributed by atoms with van der Waals surface area (Å²) in [6.45, 7) is 2.03. The molecular formula is C20H18N2O. The van der Waals surface area contributed by atoms with Gasteiger partial charge in [0.1, 0.15) is 0 Å². The Kier molecular flexibility index (Phi) is 4.48. The Balaban J connectivity index is 1.67. The Morgan fingerprint density at radius 3 is 2.48 bits per heavy atom. The predicted octanol–water partition coefficient (Wildman–Crippen LogP) is 4.24. The summed E-state index contributed by atoms with van der Waals surface area (Å²) in [5.74, 6) is -0.0341. The summed E-state index contributed by atoms with van der Waals surface area (Å²) in [7, 11) is 0. The van der Waals surface area contributed by atoms with Crippen LogP contribution in [0.5, 0.6) is 0 Å². The second kappa shape index (κ2) is 6.88. The number of benzene rings is 2. The Labute approximate surface area is 135 Å². The average molecular weight is 302 g/mol. The number of hydrogen-bond acceptors (Lipinski definition) is 2. The third-order valence-corrected chi connectivity index (χ3v) is 3.59. The van der Waals surface area contributed by atoms with Crippen LogP contribution in [0.15, 0.2) is 66.9 Å². The molecule has 114 valence electrons. The van der Waals surface area contributed by atoms with Crippen LogP contribution in [0.3, 0.4) is 0 Å². The maximum absolute atomic E-state index is 12.3. The van der Waals surface area contributed by atoms with E-state index in [9.17, 15) is 4.79 Å². The third-order valence-electron chi connectivity index (χ3n) is 3.59. The van der Waals surface area contributed by atoms with E-state index in [1.165, 1.54) is 10.2 Å². The third kappa shape index (κ3) is 4.04. The number of aryl methyl sites for hydroxylation is 1. The molecule has 1 heterocycles. The lowest BCUT2D eigenvalue weighted by atomic mass is 10.1. The molecule has 0 radical (unpaired) electrons. The van der Waals surface area contributed by atoms with Crippen LogP contribution in [0.4, 0.5) is 0 Å². The van der Waals surface area contributed by atoms with Crippen LogP contribution in [0.2, 0.25) is 0 Å². The monoisotopic (exact) mass is 302 g/mol. The van der Waals surface area contributed by atoms with Crippen LogP contribution < -0.4 is 0 Å². The van der Waals surface area contributed by atoms with E-state index >= 15 is 0 Å². The molecule has 3 rings (SSSR count). The number of carbonyl (C=O) groups is 1. The summed E-state index contributed by atoms with van der Waals surface area (Å²) >= 11 is 0. The van der Waals surface area contributed by atoms with E-state index in [1.807, 2.05) is 79.7 Å². The highest BCUT2D eigenvalue weighted by atomic mass is 16.2. The quantitative estimate of drug-likeness (QED) is 0.722. The van der Waals surface area contributed by atoms with Gasteiger partial charge in [0, 0.05) is 6.20 Å². The summed E-state index contributed by atoms with van der Waals surface area (Å²) < 4.78 is 1.41. The molecule has 0 aliphatic rings. The Morgan fingerprint density at radius 2 is 1.74 bits per heavy atom. The average Bonchev–Trinajstić information content (AvgIpc) is 3.05. The minimum absolute atomic E-state index is 0.0341. The summed E-state index contributed by atoms with van der Waals surface area (Å²) in [6.07, 6.45) is 5.95. The van der Waals surface area contributed by atoms with Crippen molar-refractivity contribution in [2.24, 2.45) is 0 Å². The highest BCUT2D eigenvalue weighted by Gasteiger charge is 2.07. The largest absolute Gasteiger partial charge is 0.272 e. The molecule has 2 aromatic carbocycles. The molecule has 3 heteroatoms. The molecule has 0 atom stereocenters. The van der Waals surface area contributed by atoms with Gasteiger partial charge in [0.05, 0.1) is 12.1 Å². The van der Waals surface area contributed by atoms with Crippen molar-refractivity contribution in [2.75, 3.05) is 0 Å². The second-order valence-electron chi connectivity index (χ2n) is 5.49. The van der Waals surface area contributed by atoms with E-state index in [2.05, 4.69) is 5.10 Å². The van der Waals surface area contributed by atoms with Crippen LogP contribution in [0.25, 0.3) is 12.2 Å². The van der Waals surface area contributed by atoms with Crippen LogP contribution in [-0.2, 0) is 6.42 Å². The zero-order chi connectivity index (χ0) is 16.1. The number of hydrogen-bond donors (Lipinski definition) is 0. The molecule has 0 aliphatic heterocycles. The fourth-order valence-corrected chi connectivity index (χ4v) is 2.27. The minimum atomic E-state index is -0.0341. The lowest BCUT2D eigenvalue weighted by Gasteiger charge is -2.01. The van der Waals surface area contributed by atoms with E-state index in [0.29, 0.717) is 6.42 Å². The SMILES string of the molecule is Cc1ccc(CC(=O)n2ccc(/C=C/c3ccccc3)n2)cc1. The number of aromatic nitrogens is 2. The molecule has 0 N–H and O–H groups in total. The van der Waals surface area contributed by atoms with Crippen molar-refractivity contribution in [3.05, 3.63) is 89.2 Å². The molecule has 0 amide bonds. The van der Waals surface area contributed by atoms with E-state index in [4.69, 9.17) is 0 Å². The van der Waals surface area contributed by atoms with Crippen LogP contribution in [0.1, 0.15) is 27.2 Å². The first kappa shape index (κ1) is 15.0. The van der Waals surface area contributed by atoms with Gasteiger partial charge in [-0.25, -0.2) is 4.68 Å².